The van der Waals surface area contributed by atoms with Crippen LogP contribution >= 0.6 is 0 Å². The van der Waals surface area contributed by atoms with Crippen LogP contribution in [0.2, 0.25) is 0 Å². The highest BCUT2D eigenvalue weighted by Gasteiger charge is 2.36. The first-order valence-electron chi connectivity index (χ1n) is 8.20. The first-order valence-corrected chi connectivity index (χ1v) is 9.69. The van der Waals surface area contributed by atoms with Gasteiger partial charge in [0, 0.05) is 12.1 Å². The van der Waals surface area contributed by atoms with Gasteiger partial charge in [0.1, 0.15) is 6.33 Å². The van der Waals surface area contributed by atoms with E-state index in [0.29, 0.717) is 25.1 Å². The lowest BCUT2D eigenvalue weighted by Crippen LogP contribution is -2.54. The number of hydrogen-bond acceptors (Lipinski definition) is 7. The second-order valence-corrected chi connectivity index (χ2v) is 7.86. The van der Waals surface area contributed by atoms with Crippen LogP contribution in [-0.4, -0.2) is 69.8 Å². The Labute approximate surface area is 150 Å². The summed E-state index contributed by atoms with van der Waals surface area (Å²) in [5.74, 6) is -0.876. The van der Waals surface area contributed by atoms with Crippen molar-refractivity contribution in [3.05, 3.63) is 30.6 Å². The molecule has 140 valence electrons. The number of benzene rings is 1. The van der Waals surface area contributed by atoms with Crippen molar-refractivity contribution in [3.8, 4) is 5.69 Å². The molecule has 26 heavy (non-hydrogen) atoms. The number of carbonyl (C=O) groups is 1. The zero-order valence-electron chi connectivity index (χ0n) is 14.2. The fourth-order valence-corrected chi connectivity index (χ4v) is 4.26. The maximum Gasteiger partial charge on any atom is 0.317 e. The van der Waals surface area contributed by atoms with Crippen molar-refractivity contribution in [1.29, 1.82) is 0 Å². The molecular formula is C15H20N6O4S. The molecule has 0 amide bonds. The number of aliphatic carboxylic acids is 1. The number of carboxylic acids is 1. The molecular weight excluding hydrogens is 360 g/mol. The van der Waals surface area contributed by atoms with Gasteiger partial charge < -0.3 is 5.11 Å². The van der Waals surface area contributed by atoms with Gasteiger partial charge in [-0.1, -0.05) is 6.92 Å². The molecule has 1 aliphatic carbocycles. The standard InChI is InChI=1S/C15H20N6O4S/c1-2-20(9-15(22)23)13-7-11(8-13)17-26(24,25)14-5-3-12(4-6-14)21-10-16-18-19-21/h3-6,10-11,13,17H,2,7-9H2,1H3,(H,22,23). The van der Waals surface area contributed by atoms with Gasteiger partial charge in [-0.25, -0.2) is 17.8 Å². The predicted octanol–water partition coefficient (Wildman–Crippen LogP) is -0.122. The van der Waals surface area contributed by atoms with Crippen molar-refractivity contribution in [2.45, 2.75) is 36.7 Å². The van der Waals surface area contributed by atoms with E-state index in [2.05, 4.69) is 20.2 Å². The summed E-state index contributed by atoms with van der Waals surface area (Å²) in [6, 6.07) is 6.15. The Hall–Kier alpha value is -2.37. The van der Waals surface area contributed by atoms with Gasteiger partial charge in [0.05, 0.1) is 17.1 Å². The summed E-state index contributed by atoms with van der Waals surface area (Å²) in [5, 5.41) is 19.7. The molecule has 10 nitrogen and oxygen atoms in total. The number of likely N-dealkylation sites (N-methyl/N-ethyl adjacent to an activating group) is 1. The van der Waals surface area contributed by atoms with E-state index in [1.165, 1.54) is 23.1 Å². The monoisotopic (exact) mass is 380 g/mol. The first-order chi connectivity index (χ1) is 12.4. The van der Waals surface area contributed by atoms with Crippen LogP contribution in [0.3, 0.4) is 0 Å². The van der Waals surface area contributed by atoms with Crippen molar-refractivity contribution in [1.82, 2.24) is 29.8 Å². The van der Waals surface area contributed by atoms with Gasteiger partial charge in [-0.05, 0) is 54.1 Å². The summed E-state index contributed by atoms with van der Waals surface area (Å²) in [5.41, 5.74) is 0.657. The van der Waals surface area contributed by atoms with Gasteiger partial charge in [-0.15, -0.1) is 5.10 Å². The van der Waals surface area contributed by atoms with Crippen LogP contribution in [0.15, 0.2) is 35.5 Å². The van der Waals surface area contributed by atoms with Crippen molar-refractivity contribution in [2.75, 3.05) is 13.1 Å². The molecule has 0 saturated heterocycles. The smallest absolute Gasteiger partial charge is 0.317 e. The van der Waals surface area contributed by atoms with Gasteiger partial charge in [-0.3, -0.25) is 9.69 Å². The van der Waals surface area contributed by atoms with Gasteiger partial charge >= 0.3 is 5.97 Å². The molecule has 0 bridgehead atoms. The number of nitrogens with zero attached hydrogens (tertiary/aromatic N) is 5. The van der Waals surface area contributed by atoms with E-state index in [-0.39, 0.29) is 23.5 Å². The van der Waals surface area contributed by atoms with Crippen LogP contribution in [0.1, 0.15) is 19.8 Å². The zero-order chi connectivity index (χ0) is 18.7. The molecule has 0 spiro atoms. The summed E-state index contributed by atoms with van der Waals surface area (Å²) in [4.78, 5) is 12.9. The highest BCUT2D eigenvalue weighted by Crippen LogP contribution is 2.27. The average Bonchev–Trinajstić information content (AvgIpc) is 3.10. The van der Waals surface area contributed by atoms with E-state index in [9.17, 15) is 13.2 Å². The third kappa shape index (κ3) is 4.06. The van der Waals surface area contributed by atoms with Crippen LogP contribution in [0, 0.1) is 0 Å². The first kappa shape index (κ1) is 18.4. The molecule has 3 rings (SSSR count). The highest BCUT2D eigenvalue weighted by atomic mass is 32.2. The molecule has 0 aliphatic heterocycles. The zero-order valence-corrected chi connectivity index (χ0v) is 15.0. The minimum Gasteiger partial charge on any atom is -0.480 e. The van der Waals surface area contributed by atoms with E-state index >= 15 is 0 Å². The highest BCUT2D eigenvalue weighted by molar-refractivity contribution is 7.89. The van der Waals surface area contributed by atoms with Crippen molar-refractivity contribution >= 4 is 16.0 Å². The lowest BCUT2D eigenvalue weighted by molar-refractivity contribution is -0.139. The minimum atomic E-state index is -3.63. The molecule has 1 heterocycles. The van der Waals surface area contributed by atoms with Crippen molar-refractivity contribution in [3.63, 3.8) is 0 Å². The molecule has 0 radical (unpaired) electrons. The molecule has 2 aromatic rings. The number of tetrazole rings is 1. The molecule has 1 saturated carbocycles. The number of sulfonamides is 1. The van der Waals surface area contributed by atoms with Crippen LogP contribution in [0.4, 0.5) is 0 Å². The fraction of sp³-hybridized carbons (Fsp3) is 0.467. The van der Waals surface area contributed by atoms with Gasteiger partial charge in [0.15, 0.2) is 0 Å². The summed E-state index contributed by atoms with van der Waals surface area (Å²) in [6.07, 6.45) is 2.62. The van der Waals surface area contributed by atoms with Crippen LogP contribution < -0.4 is 4.72 Å². The number of carboxylic acid groups (broad SMARTS) is 1. The van der Waals surface area contributed by atoms with E-state index in [1.54, 1.807) is 12.1 Å². The van der Waals surface area contributed by atoms with Gasteiger partial charge in [0.2, 0.25) is 10.0 Å². The average molecular weight is 380 g/mol. The summed E-state index contributed by atoms with van der Waals surface area (Å²) in [7, 11) is -3.63. The largest absolute Gasteiger partial charge is 0.480 e. The SMILES string of the molecule is CCN(CC(=O)O)C1CC(NS(=O)(=O)c2ccc(-n3cnnn3)cc2)C1. The molecule has 2 N–H and O–H groups in total. The second-order valence-electron chi connectivity index (χ2n) is 6.15. The number of rotatable bonds is 8. The Bertz CT molecular complexity index is 847. The molecule has 11 heteroatoms. The maximum absolute atomic E-state index is 12.5. The quantitative estimate of drug-likeness (QED) is 0.648. The Morgan fingerprint density at radius 3 is 2.58 bits per heavy atom. The van der Waals surface area contributed by atoms with Crippen LogP contribution in [0.25, 0.3) is 5.69 Å². The van der Waals surface area contributed by atoms with E-state index < -0.39 is 16.0 Å². The lowest BCUT2D eigenvalue weighted by atomic mass is 9.86. The molecule has 1 aromatic heterocycles. The topological polar surface area (TPSA) is 130 Å². The lowest BCUT2D eigenvalue weighted by Gasteiger charge is -2.42. The Morgan fingerprint density at radius 1 is 1.35 bits per heavy atom. The number of nitrogens with one attached hydrogen (secondary N) is 1. The number of hydrogen-bond donors (Lipinski definition) is 2. The van der Waals surface area contributed by atoms with Gasteiger partial charge in [-0.2, -0.15) is 0 Å². The van der Waals surface area contributed by atoms with Crippen LogP contribution in [-0.2, 0) is 14.8 Å². The van der Waals surface area contributed by atoms with E-state index in [0.717, 1.165) is 0 Å². The molecule has 1 aliphatic rings. The molecule has 0 atom stereocenters. The maximum atomic E-state index is 12.5. The van der Waals surface area contributed by atoms with E-state index in [4.69, 9.17) is 5.11 Å². The van der Waals surface area contributed by atoms with Crippen molar-refractivity contribution < 1.29 is 18.3 Å². The Morgan fingerprint density at radius 2 is 2.04 bits per heavy atom. The summed E-state index contributed by atoms with van der Waals surface area (Å²) in [6.45, 7) is 2.49. The molecule has 0 unspecified atom stereocenters. The normalized spacial score (nSPS) is 20.1. The van der Waals surface area contributed by atoms with Crippen molar-refractivity contribution in [2.24, 2.45) is 0 Å². The third-order valence-electron chi connectivity index (χ3n) is 4.46. The summed E-state index contributed by atoms with van der Waals surface area (Å²) >= 11 is 0. The van der Waals surface area contributed by atoms with E-state index in [1.807, 2.05) is 11.8 Å². The fourth-order valence-electron chi connectivity index (χ4n) is 3.00. The molecule has 1 aromatic carbocycles. The third-order valence-corrected chi connectivity index (χ3v) is 5.99. The minimum absolute atomic E-state index is 0.0285. The second kappa shape index (κ2) is 7.48. The number of aromatic nitrogens is 4. The Kier molecular flexibility index (Phi) is 5.30. The van der Waals surface area contributed by atoms with Gasteiger partial charge in [0.25, 0.3) is 0 Å². The molecule has 1 fully saturated rings. The Balaban J connectivity index is 1.59. The summed E-state index contributed by atoms with van der Waals surface area (Å²) < 4.78 is 29.1. The van der Waals surface area contributed by atoms with Crippen LogP contribution in [0.5, 0.6) is 0 Å². The predicted molar refractivity (Wildman–Crippen MR) is 91.2 cm³/mol.